The molecule has 0 saturated carbocycles. The van der Waals surface area contributed by atoms with Crippen molar-refractivity contribution in [3.8, 4) is 0 Å². The summed E-state index contributed by atoms with van der Waals surface area (Å²) < 4.78 is 26.1. The van der Waals surface area contributed by atoms with Gasteiger partial charge in [0.25, 0.3) is 8.32 Å². The largest absolute Gasteiger partial charge is 0.446 e. The molecule has 0 spiro atoms. The predicted octanol–water partition coefficient (Wildman–Crippen LogP) is 3.39. The fraction of sp³-hybridized carbons (Fsp3) is 0.381. The van der Waals surface area contributed by atoms with Crippen LogP contribution < -0.4 is 16.1 Å². The number of carbonyl (C=O) groups is 1. The van der Waals surface area contributed by atoms with Gasteiger partial charge >= 0.3 is 6.09 Å². The molecule has 1 amide bonds. The number of amides is 1. The number of benzene rings is 2. The minimum Gasteiger partial charge on any atom is -0.446 e. The van der Waals surface area contributed by atoms with Crippen LogP contribution in [0.2, 0.25) is 5.04 Å². The number of hydrogen-bond acceptors (Lipinski definition) is 3. The third-order valence-corrected chi connectivity index (χ3v) is 9.50. The van der Waals surface area contributed by atoms with E-state index in [1.54, 1.807) is 0 Å². The Kier molecular flexibility index (Phi) is 6.44. The van der Waals surface area contributed by atoms with Crippen LogP contribution in [0.4, 0.5) is 9.18 Å². The Morgan fingerprint density at radius 3 is 1.74 bits per heavy atom. The normalized spacial score (nSPS) is 14.4. The molecule has 0 bridgehead atoms. The van der Waals surface area contributed by atoms with Crippen LogP contribution in [0.3, 0.4) is 0 Å². The summed E-state index contributed by atoms with van der Waals surface area (Å²) in [4.78, 5) is 10.9. The summed E-state index contributed by atoms with van der Waals surface area (Å²) in [6, 6.07) is 20.0. The quantitative estimate of drug-likeness (QED) is 0.739. The van der Waals surface area contributed by atoms with Crippen molar-refractivity contribution in [3.63, 3.8) is 0 Å². The van der Waals surface area contributed by atoms with E-state index in [0.717, 1.165) is 10.4 Å². The molecule has 4 nitrogen and oxygen atoms in total. The van der Waals surface area contributed by atoms with E-state index < -0.39 is 26.7 Å². The second kappa shape index (κ2) is 8.23. The molecule has 1 atom stereocenters. The summed E-state index contributed by atoms with van der Waals surface area (Å²) in [6.45, 7) is 7.07. The molecular weight excluding hydrogens is 361 g/mol. The van der Waals surface area contributed by atoms with E-state index in [4.69, 9.17) is 10.2 Å². The molecule has 0 aliphatic rings. The van der Waals surface area contributed by atoms with E-state index in [1.165, 1.54) is 6.92 Å². The summed E-state index contributed by atoms with van der Waals surface area (Å²) in [5.74, 6) is 0. The van der Waals surface area contributed by atoms with Gasteiger partial charge in [0.2, 0.25) is 0 Å². The van der Waals surface area contributed by atoms with Crippen molar-refractivity contribution in [1.29, 1.82) is 0 Å². The van der Waals surface area contributed by atoms with Gasteiger partial charge in [-0.05, 0) is 22.3 Å². The summed E-state index contributed by atoms with van der Waals surface area (Å²) in [5, 5.41) is 1.88. The number of rotatable bonds is 7. The Bertz CT molecular complexity index is 706. The Hall–Kier alpha value is -2.18. The van der Waals surface area contributed by atoms with Crippen LogP contribution in [0, 0.1) is 0 Å². The molecule has 0 aliphatic carbocycles. The lowest BCUT2D eigenvalue weighted by Gasteiger charge is -2.44. The van der Waals surface area contributed by atoms with Gasteiger partial charge in [0, 0.05) is 0 Å². The second-order valence-corrected chi connectivity index (χ2v) is 12.3. The van der Waals surface area contributed by atoms with Crippen molar-refractivity contribution in [2.24, 2.45) is 5.73 Å². The predicted molar refractivity (Wildman–Crippen MR) is 109 cm³/mol. The average Bonchev–Trinajstić information content (AvgIpc) is 2.61. The Morgan fingerprint density at radius 1 is 0.926 bits per heavy atom. The van der Waals surface area contributed by atoms with Gasteiger partial charge in [-0.2, -0.15) is 0 Å². The third kappa shape index (κ3) is 4.96. The Morgan fingerprint density at radius 2 is 1.37 bits per heavy atom. The minimum atomic E-state index is -2.83. The fourth-order valence-electron chi connectivity index (χ4n) is 3.28. The van der Waals surface area contributed by atoms with Crippen LogP contribution in [0.25, 0.3) is 0 Å². The summed E-state index contributed by atoms with van der Waals surface area (Å²) in [6.07, 6.45) is -0.996. The molecule has 146 valence electrons. The van der Waals surface area contributed by atoms with E-state index in [9.17, 15) is 9.18 Å². The van der Waals surface area contributed by atoms with Gasteiger partial charge in [0.15, 0.2) is 5.67 Å². The lowest BCUT2D eigenvalue weighted by atomic mass is 10.2. The SMILES string of the molecule is CC(F)(COC(N)=O)CO[Si](c1ccccc1)(c1ccccc1)C(C)(C)C. The molecule has 6 heteroatoms. The van der Waals surface area contributed by atoms with Crippen molar-refractivity contribution < 1.29 is 18.3 Å². The van der Waals surface area contributed by atoms with Crippen LogP contribution in [-0.2, 0) is 9.16 Å². The van der Waals surface area contributed by atoms with Crippen LogP contribution >= 0.6 is 0 Å². The molecule has 0 fully saturated rings. The molecule has 27 heavy (non-hydrogen) atoms. The van der Waals surface area contributed by atoms with Gasteiger partial charge in [0.05, 0.1) is 6.61 Å². The lowest BCUT2D eigenvalue weighted by molar-refractivity contribution is 0.0267. The van der Waals surface area contributed by atoms with Crippen molar-refractivity contribution in [3.05, 3.63) is 60.7 Å². The van der Waals surface area contributed by atoms with Crippen molar-refractivity contribution in [2.75, 3.05) is 13.2 Å². The highest BCUT2D eigenvalue weighted by atomic mass is 28.4. The van der Waals surface area contributed by atoms with Gasteiger partial charge in [-0.15, -0.1) is 0 Å². The summed E-state index contributed by atoms with van der Waals surface area (Å²) >= 11 is 0. The molecular formula is C21H28FNO3Si. The second-order valence-electron chi connectivity index (χ2n) is 7.97. The first-order valence-electron chi connectivity index (χ1n) is 8.95. The minimum absolute atomic E-state index is 0.201. The standard InChI is InChI=1S/C21H28FNO3Si/c1-20(2,3)27(17-11-7-5-8-12-17,18-13-9-6-10-14-18)26-16-21(4,22)15-25-19(23)24/h5-14H,15-16H2,1-4H3,(H2,23,24). The molecule has 2 N–H and O–H groups in total. The molecule has 0 saturated heterocycles. The highest BCUT2D eigenvalue weighted by Crippen LogP contribution is 2.37. The Labute approximate surface area is 161 Å². The van der Waals surface area contributed by atoms with Gasteiger partial charge < -0.3 is 14.9 Å². The molecule has 0 aliphatic heterocycles. The summed E-state index contributed by atoms with van der Waals surface area (Å²) in [7, 11) is -2.83. The molecule has 2 aromatic carbocycles. The average molecular weight is 390 g/mol. The van der Waals surface area contributed by atoms with Crippen molar-refractivity contribution in [2.45, 2.75) is 38.4 Å². The number of primary amides is 1. The molecule has 0 radical (unpaired) electrons. The van der Waals surface area contributed by atoms with Gasteiger partial charge in [-0.1, -0.05) is 81.4 Å². The van der Waals surface area contributed by atoms with Crippen LogP contribution in [0.15, 0.2) is 60.7 Å². The maximum absolute atomic E-state index is 15.0. The fourth-order valence-corrected chi connectivity index (χ4v) is 7.96. The number of alkyl halides is 1. The maximum Gasteiger partial charge on any atom is 0.404 e. The number of halogens is 1. The molecule has 2 rings (SSSR count). The number of ether oxygens (including phenoxy) is 1. The zero-order valence-electron chi connectivity index (χ0n) is 16.4. The van der Waals surface area contributed by atoms with Gasteiger partial charge in [0.1, 0.15) is 6.61 Å². The number of carbonyl (C=O) groups excluding carboxylic acids is 1. The van der Waals surface area contributed by atoms with Gasteiger partial charge in [-0.3, -0.25) is 0 Å². The highest BCUT2D eigenvalue weighted by molar-refractivity contribution is 6.99. The lowest BCUT2D eigenvalue weighted by Crippen LogP contribution is -2.67. The van der Waals surface area contributed by atoms with E-state index >= 15 is 0 Å². The van der Waals surface area contributed by atoms with Crippen LogP contribution in [-0.4, -0.2) is 33.3 Å². The molecule has 1 unspecified atom stereocenters. The maximum atomic E-state index is 15.0. The van der Waals surface area contributed by atoms with E-state index in [-0.39, 0.29) is 11.6 Å². The van der Waals surface area contributed by atoms with E-state index in [2.05, 4.69) is 25.5 Å². The highest BCUT2D eigenvalue weighted by Gasteiger charge is 2.51. The first-order chi connectivity index (χ1) is 12.6. The topological polar surface area (TPSA) is 61.5 Å². The monoisotopic (exact) mass is 389 g/mol. The zero-order chi connectivity index (χ0) is 20.1. The van der Waals surface area contributed by atoms with E-state index in [0.29, 0.717) is 0 Å². The summed E-state index contributed by atoms with van der Waals surface area (Å²) in [5.41, 5.74) is 3.13. The number of hydrogen-bond donors (Lipinski definition) is 1. The first-order valence-corrected chi connectivity index (χ1v) is 10.9. The third-order valence-electron chi connectivity index (χ3n) is 4.52. The molecule has 2 aromatic rings. The molecule has 0 aromatic heterocycles. The van der Waals surface area contributed by atoms with Crippen molar-refractivity contribution >= 4 is 24.8 Å². The van der Waals surface area contributed by atoms with E-state index in [1.807, 2.05) is 60.7 Å². The number of nitrogens with two attached hydrogens (primary N) is 1. The van der Waals surface area contributed by atoms with Crippen molar-refractivity contribution in [1.82, 2.24) is 0 Å². The van der Waals surface area contributed by atoms with Crippen LogP contribution in [0.5, 0.6) is 0 Å². The molecule has 0 heterocycles. The first kappa shape index (κ1) is 21.1. The Balaban J connectivity index is 2.48. The smallest absolute Gasteiger partial charge is 0.404 e. The zero-order valence-corrected chi connectivity index (χ0v) is 17.4. The van der Waals surface area contributed by atoms with Gasteiger partial charge in [-0.25, -0.2) is 9.18 Å². The van der Waals surface area contributed by atoms with Crippen LogP contribution in [0.1, 0.15) is 27.7 Å².